The molecular weight excluding hydrogens is 340 g/mol. The zero-order chi connectivity index (χ0) is 18.5. The molecule has 0 bridgehead atoms. The normalized spacial score (nSPS) is 14.3. The molecule has 0 atom stereocenters. The van der Waals surface area contributed by atoms with Crippen LogP contribution in [-0.4, -0.2) is 51.3 Å². The molecule has 3 aromatic rings. The second-order valence-electron chi connectivity index (χ2n) is 6.51. The standard InChI is InChI=1S/C19H22N8/c1-15-4-2-5-16(12-15)13-22-17-14-23-25-19(24-17)27-10-8-26(9-11-27)18-20-6-3-7-21-18/h2-7,12,14H,8-11,13H2,1H3,(H,22,24,25). The fourth-order valence-corrected chi connectivity index (χ4v) is 3.09. The third-order valence-corrected chi connectivity index (χ3v) is 4.50. The van der Waals surface area contributed by atoms with E-state index in [-0.39, 0.29) is 0 Å². The Morgan fingerprint density at radius 1 is 0.963 bits per heavy atom. The molecule has 0 amide bonds. The number of aryl methyl sites for hydroxylation is 1. The molecule has 0 aliphatic carbocycles. The monoisotopic (exact) mass is 362 g/mol. The maximum Gasteiger partial charge on any atom is 0.247 e. The van der Waals surface area contributed by atoms with E-state index in [9.17, 15) is 0 Å². The summed E-state index contributed by atoms with van der Waals surface area (Å²) in [7, 11) is 0. The van der Waals surface area contributed by atoms with Crippen molar-refractivity contribution in [3.8, 4) is 0 Å². The highest BCUT2D eigenvalue weighted by Crippen LogP contribution is 2.15. The van der Waals surface area contributed by atoms with Gasteiger partial charge in [0.25, 0.3) is 0 Å². The lowest BCUT2D eigenvalue weighted by Crippen LogP contribution is -2.47. The minimum absolute atomic E-state index is 0.651. The SMILES string of the molecule is Cc1cccc(CNc2cnnc(N3CCN(c4ncccn4)CC3)n2)c1. The number of hydrogen-bond acceptors (Lipinski definition) is 8. The Labute approximate surface area is 158 Å². The first-order valence-corrected chi connectivity index (χ1v) is 9.04. The van der Waals surface area contributed by atoms with E-state index in [1.54, 1.807) is 18.6 Å². The van der Waals surface area contributed by atoms with Gasteiger partial charge in [-0.25, -0.2) is 9.97 Å². The Bertz CT molecular complexity index is 878. The average molecular weight is 362 g/mol. The molecule has 0 radical (unpaired) electrons. The van der Waals surface area contributed by atoms with E-state index in [4.69, 9.17) is 0 Å². The molecule has 27 heavy (non-hydrogen) atoms. The number of nitrogens with one attached hydrogen (secondary N) is 1. The number of hydrogen-bond donors (Lipinski definition) is 1. The number of rotatable bonds is 5. The zero-order valence-electron chi connectivity index (χ0n) is 15.3. The number of aromatic nitrogens is 5. The molecule has 8 heteroatoms. The van der Waals surface area contributed by atoms with Gasteiger partial charge in [0.2, 0.25) is 11.9 Å². The van der Waals surface area contributed by atoms with E-state index >= 15 is 0 Å². The van der Waals surface area contributed by atoms with Gasteiger partial charge in [0.05, 0.1) is 6.20 Å². The van der Waals surface area contributed by atoms with Gasteiger partial charge in [-0.3, -0.25) is 0 Å². The summed E-state index contributed by atoms with van der Waals surface area (Å²) >= 11 is 0. The molecule has 1 N–H and O–H groups in total. The lowest BCUT2D eigenvalue weighted by Gasteiger charge is -2.34. The van der Waals surface area contributed by atoms with Crippen molar-refractivity contribution in [3.05, 3.63) is 60.0 Å². The van der Waals surface area contributed by atoms with E-state index < -0.39 is 0 Å². The molecule has 138 valence electrons. The van der Waals surface area contributed by atoms with E-state index in [2.05, 4.69) is 71.5 Å². The average Bonchev–Trinajstić information content (AvgIpc) is 2.73. The Kier molecular flexibility index (Phi) is 5.04. The first-order chi connectivity index (χ1) is 13.3. The molecule has 3 heterocycles. The maximum absolute atomic E-state index is 4.62. The molecule has 1 aromatic carbocycles. The Balaban J connectivity index is 1.37. The van der Waals surface area contributed by atoms with Crippen molar-refractivity contribution in [3.63, 3.8) is 0 Å². The quantitative estimate of drug-likeness (QED) is 0.737. The lowest BCUT2D eigenvalue weighted by molar-refractivity contribution is 0.623. The van der Waals surface area contributed by atoms with Gasteiger partial charge in [-0.1, -0.05) is 29.8 Å². The van der Waals surface area contributed by atoms with Crippen LogP contribution in [0.2, 0.25) is 0 Å². The van der Waals surface area contributed by atoms with Crippen molar-refractivity contribution >= 4 is 17.7 Å². The number of piperazine rings is 1. The minimum Gasteiger partial charge on any atom is -0.365 e. The second-order valence-corrected chi connectivity index (χ2v) is 6.51. The molecule has 1 aliphatic rings. The molecule has 0 spiro atoms. The number of benzene rings is 1. The fourth-order valence-electron chi connectivity index (χ4n) is 3.09. The fraction of sp³-hybridized carbons (Fsp3) is 0.316. The van der Waals surface area contributed by atoms with Gasteiger partial charge in [-0.2, -0.15) is 10.1 Å². The van der Waals surface area contributed by atoms with Crippen LogP contribution in [0.4, 0.5) is 17.7 Å². The van der Waals surface area contributed by atoms with E-state index in [1.165, 1.54) is 11.1 Å². The van der Waals surface area contributed by atoms with E-state index in [0.29, 0.717) is 12.5 Å². The molecule has 4 rings (SSSR count). The van der Waals surface area contributed by atoms with E-state index in [1.807, 2.05) is 6.07 Å². The van der Waals surface area contributed by atoms with Crippen LogP contribution in [0.25, 0.3) is 0 Å². The summed E-state index contributed by atoms with van der Waals surface area (Å²) in [6.07, 6.45) is 5.20. The second kappa shape index (κ2) is 7.94. The third-order valence-electron chi connectivity index (χ3n) is 4.50. The predicted octanol–water partition coefficient (Wildman–Crippen LogP) is 1.91. The third kappa shape index (κ3) is 4.28. The van der Waals surface area contributed by atoms with Crippen molar-refractivity contribution in [2.45, 2.75) is 13.5 Å². The topological polar surface area (TPSA) is 83.0 Å². The van der Waals surface area contributed by atoms with Crippen LogP contribution in [0.5, 0.6) is 0 Å². The molecule has 0 unspecified atom stereocenters. The number of nitrogens with zero attached hydrogens (tertiary/aromatic N) is 7. The molecule has 0 saturated carbocycles. The van der Waals surface area contributed by atoms with Gasteiger partial charge in [-0.05, 0) is 18.6 Å². The lowest BCUT2D eigenvalue weighted by atomic mass is 10.1. The van der Waals surface area contributed by atoms with Crippen LogP contribution in [0, 0.1) is 6.92 Å². The van der Waals surface area contributed by atoms with Gasteiger partial charge in [0, 0.05) is 45.1 Å². The van der Waals surface area contributed by atoms with Crippen molar-refractivity contribution in [2.24, 2.45) is 0 Å². The highest BCUT2D eigenvalue weighted by molar-refractivity contribution is 5.42. The van der Waals surface area contributed by atoms with Gasteiger partial charge >= 0.3 is 0 Å². The van der Waals surface area contributed by atoms with E-state index in [0.717, 1.165) is 37.9 Å². The van der Waals surface area contributed by atoms with Gasteiger partial charge in [0.15, 0.2) is 5.82 Å². The van der Waals surface area contributed by atoms with Crippen molar-refractivity contribution < 1.29 is 0 Å². The van der Waals surface area contributed by atoms with Crippen LogP contribution >= 0.6 is 0 Å². The zero-order valence-corrected chi connectivity index (χ0v) is 15.3. The van der Waals surface area contributed by atoms with Gasteiger partial charge in [0.1, 0.15) is 0 Å². The first-order valence-electron chi connectivity index (χ1n) is 9.04. The van der Waals surface area contributed by atoms with Crippen LogP contribution in [0.1, 0.15) is 11.1 Å². The molecule has 1 fully saturated rings. The Hall–Kier alpha value is -3.29. The smallest absolute Gasteiger partial charge is 0.247 e. The summed E-state index contributed by atoms with van der Waals surface area (Å²) in [5.41, 5.74) is 2.46. The Morgan fingerprint density at radius 3 is 2.44 bits per heavy atom. The summed E-state index contributed by atoms with van der Waals surface area (Å²) in [5.74, 6) is 2.15. The first kappa shape index (κ1) is 17.1. The predicted molar refractivity (Wildman–Crippen MR) is 105 cm³/mol. The molecular formula is C19H22N8. The molecule has 8 nitrogen and oxygen atoms in total. The largest absolute Gasteiger partial charge is 0.365 e. The maximum atomic E-state index is 4.62. The van der Waals surface area contributed by atoms with Crippen LogP contribution in [0.15, 0.2) is 48.9 Å². The van der Waals surface area contributed by atoms with Crippen molar-refractivity contribution in [2.75, 3.05) is 41.3 Å². The molecule has 1 aliphatic heterocycles. The molecule has 1 saturated heterocycles. The summed E-state index contributed by atoms with van der Waals surface area (Å²) < 4.78 is 0. The van der Waals surface area contributed by atoms with Crippen molar-refractivity contribution in [1.29, 1.82) is 0 Å². The van der Waals surface area contributed by atoms with Gasteiger partial charge < -0.3 is 15.1 Å². The summed E-state index contributed by atoms with van der Waals surface area (Å²) in [6, 6.07) is 10.2. The summed E-state index contributed by atoms with van der Waals surface area (Å²) in [6.45, 7) is 6.07. The van der Waals surface area contributed by atoms with Gasteiger partial charge in [-0.15, -0.1) is 5.10 Å². The van der Waals surface area contributed by atoms with Crippen LogP contribution in [0.3, 0.4) is 0 Å². The highest BCUT2D eigenvalue weighted by Gasteiger charge is 2.21. The number of anilines is 3. The summed E-state index contributed by atoms with van der Waals surface area (Å²) in [5, 5.41) is 11.6. The van der Waals surface area contributed by atoms with Crippen LogP contribution in [-0.2, 0) is 6.54 Å². The van der Waals surface area contributed by atoms with Crippen molar-refractivity contribution in [1.82, 2.24) is 25.1 Å². The molecule has 2 aromatic heterocycles. The minimum atomic E-state index is 0.651. The van der Waals surface area contributed by atoms with Crippen LogP contribution < -0.4 is 15.1 Å². The highest BCUT2D eigenvalue weighted by atomic mass is 15.4. The summed E-state index contributed by atoms with van der Waals surface area (Å²) in [4.78, 5) is 17.6. The Morgan fingerprint density at radius 2 is 1.70 bits per heavy atom.